The molecule has 1 radical (unpaired) electrons. The van der Waals surface area contributed by atoms with Gasteiger partial charge in [0.1, 0.15) is 11.6 Å². The van der Waals surface area contributed by atoms with E-state index in [0.29, 0.717) is 11.6 Å². The molecule has 0 aliphatic carbocycles. The molecule has 16 heteroatoms. The van der Waals surface area contributed by atoms with Gasteiger partial charge in [0.15, 0.2) is 0 Å². The molecule has 4 rings (SSSR count). The van der Waals surface area contributed by atoms with Crippen LogP contribution in [0.25, 0.3) is 22.8 Å². The predicted octanol–water partition coefficient (Wildman–Crippen LogP) is 1.99. The second-order valence-corrected chi connectivity index (χ2v) is 7.98. The van der Waals surface area contributed by atoms with Gasteiger partial charge in [-0.3, -0.25) is 24.4 Å². The van der Waals surface area contributed by atoms with Crippen molar-refractivity contribution in [3.05, 3.63) is 81.4 Å². The fourth-order valence-electron chi connectivity index (χ4n) is 2.46. The Bertz CT molecular complexity index is 1190. The molecule has 2 N–H and O–H groups in total. The maximum Gasteiger partial charge on any atom is 4.00 e. The number of benzene rings is 2. The van der Waals surface area contributed by atoms with E-state index in [1.54, 1.807) is 24.9 Å². The average molecular weight is 553 g/mol. The molecule has 14 nitrogen and oxygen atoms in total. The van der Waals surface area contributed by atoms with E-state index in [2.05, 4.69) is 19.9 Å². The van der Waals surface area contributed by atoms with Crippen LogP contribution in [0.5, 0.6) is 11.5 Å². The molecule has 0 spiro atoms. The third kappa shape index (κ3) is 9.30. The summed E-state index contributed by atoms with van der Waals surface area (Å²) >= 11 is 0. The van der Waals surface area contributed by atoms with Crippen molar-refractivity contribution in [2.24, 2.45) is 0 Å². The van der Waals surface area contributed by atoms with E-state index in [4.69, 9.17) is 0 Å². The van der Waals surface area contributed by atoms with Crippen LogP contribution in [-0.2, 0) is 34.8 Å². The maximum atomic E-state index is 11.4. The van der Waals surface area contributed by atoms with Gasteiger partial charge in [0.25, 0.3) is 11.4 Å². The number of nitro benzene ring substituents is 2. The smallest absolute Gasteiger partial charge is 2.00 e. The summed E-state index contributed by atoms with van der Waals surface area (Å²) in [6.45, 7) is 0. The van der Waals surface area contributed by atoms with Gasteiger partial charge in [0, 0.05) is 83.5 Å². The van der Waals surface area contributed by atoms with E-state index in [1.807, 2.05) is 0 Å². The van der Waals surface area contributed by atoms with Crippen molar-refractivity contribution >= 4 is 22.2 Å². The molecule has 187 valence electrons. The molecule has 0 saturated heterocycles. The van der Waals surface area contributed by atoms with Crippen molar-refractivity contribution in [2.45, 2.75) is 0 Å². The first-order valence-electron chi connectivity index (χ1n) is 9.25. The van der Waals surface area contributed by atoms with Crippen LogP contribution in [0, 0.1) is 20.2 Å². The van der Waals surface area contributed by atoms with Crippen LogP contribution < -0.4 is 10.2 Å². The van der Waals surface area contributed by atoms with Crippen LogP contribution in [-0.4, -0.2) is 46.5 Å². The number of nitrogens with one attached hydrogen (secondary N) is 2. The minimum atomic E-state index is -0.611. The molecule has 2 heterocycles. The van der Waals surface area contributed by atoms with E-state index in [0.717, 1.165) is 12.1 Å². The number of non-ortho nitro benzene ring substituents is 2. The summed E-state index contributed by atoms with van der Waals surface area (Å²) in [4.78, 5) is 33.1. The number of aromatic amines is 2. The molecule has 0 unspecified atom stereocenters. The number of H-pyrrole nitrogens is 2. The average Bonchev–Trinajstić information content (AvgIpc) is 3.49. The molecule has 2 aromatic heterocycles. The van der Waals surface area contributed by atoms with E-state index >= 15 is 0 Å². The number of aromatic nitrogens is 4. The van der Waals surface area contributed by atoms with Crippen LogP contribution >= 0.6 is 0 Å². The van der Waals surface area contributed by atoms with Gasteiger partial charge >= 0.3 is 18.6 Å². The Hall–Kier alpha value is -4.05. The molecule has 0 saturated carbocycles. The second-order valence-electron chi connectivity index (χ2n) is 6.49. The van der Waals surface area contributed by atoms with Crippen LogP contribution in [0.4, 0.5) is 11.4 Å². The third-order valence-corrected chi connectivity index (χ3v) is 3.85. The Morgan fingerprint density at radius 1 is 0.778 bits per heavy atom. The largest absolute Gasteiger partial charge is 4.00 e. The van der Waals surface area contributed by atoms with Crippen molar-refractivity contribution in [3.63, 3.8) is 0 Å². The summed E-state index contributed by atoms with van der Waals surface area (Å²) in [6, 6.07) is 7.10. The molecule has 36 heavy (non-hydrogen) atoms. The van der Waals surface area contributed by atoms with Crippen LogP contribution in [0.3, 0.4) is 0 Å². The van der Waals surface area contributed by atoms with Crippen LogP contribution in [0.15, 0.2) is 61.2 Å². The van der Waals surface area contributed by atoms with Gasteiger partial charge < -0.3 is 25.7 Å². The minimum absolute atomic E-state index is 0. The van der Waals surface area contributed by atoms with Crippen LogP contribution in [0.2, 0.25) is 0 Å². The zero-order valence-electron chi connectivity index (χ0n) is 18.7. The van der Waals surface area contributed by atoms with E-state index in [1.165, 1.54) is 36.7 Å². The predicted molar refractivity (Wildman–Crippen MR) is 121 cm³/mol. The third-order valence-electron chi connectivity index (χ3n) is 3.85. The van der Waals surface area contributed by atoms with Crippen molar-refractivity contribution < 1.29 is 48.3 Å². The minimum Gasteiger partial charge on any atom is -2.00 e. The zero-order chi connectivity index (χ0) is 25.3. The Labute approximate surface area is 218 Å². The number of rotatable bonds is 4. The van der Waals surface area contributed by atoms with Crippen molar-refractivity contribution in [3.8, 4) is 34.3 Å². The van der Waals surface area contributed by atoms with Crippen molar-refractivity contribution in [2.75, 3.05) is 12.5 Å². The molecule has 0 aliphatic rings. The number of hydrogen-bond acceptors (Lipinski definition) is 9. The Kier molecular flexibility index (Phi) is 13.4. The molecule has 0 atom stereocenters. The normalized spacial score (nSPS) is 9.42. The topological polar surface area (TPSA) is 235 Å². The maximum absolute atomic E-state index is 11.4. The van der Waals surface area contributed by atoms with E-state index in [9.17, 15) is 34.7 Å². The monoisotopic (exact) mass is 553 g/mol. The molecule has 4 aromatic rings. The second kappa shape index (κ2) is 15.1. The standard InChI is InChI=1S/2C9H7N3O3.C2H6OS.O.V/c2*13-8-2-1-6(12(14)15)5-7(8)9-10-3-4-11-9;1-4(2)3;;/h2*1-5,13H,(H,10,11);1-2H3;;/q;;;-2;+4/p-2. The van der Waals surface area contributed by atoms with Crippen molar-refractivity contribution in [1.82, 2.24) is 19.9 Å². The molecular weight excluding hydrogens is 535 g/mol. The Morgan fingerprint density at radius 2 is 1.11 bits per heavy atom. The number of nitrogens with zero attached hydrogens (tertiary/aromatic N) is 4. The summed E-state index contributed by atoms with van der Waals surface area (Å²) in [5.74, 6) is 0.0819. The van der Waals surface area contributed by atoms with Gasteiger partial charge in [0.05, 0.1) is 9.85 Å². The number of hydrogen-bond donors (Lipinski definition) is 2. The summed E-state index contributed by atoms with van der Waals surface area (Å²) in [5.41, 5.74) is 0.158. The molecular formula is C20H18N6O8SV. The summed E-state index contributed by atoms with van der Waals surface area (Å²) in [6.07, 6.45) is 9.34. The SMILES string of the molecule is CS(C)=O.O=[N+]([O-])c1ccc([O-])c(-c2ncc[nH]2)c1.O=[N+]([O-])c1ccc([O-])c(-c2ncc[nH]2)c1.[O-2].[V+4]. The first-order chi connectivity index (χ1) is 16.1. The molecule has 0 amide bonds. The first-order valence-corrected chi connectivity index (χ1v) is 11.2. The first kappa shape index (κ1) is 32.0. The Morgan fingerprint density at radius 3 is 1.36 bits per heavy atom. The molecule has 0 fully saturated rings. The van der Waals surface area contributed by atoms with Gasteiger partial charge in [-0.15, -0.1) is 0 Å². The fourth-order valence-corrected chi connectivity index (χ4v) is 2.46. The van der Waals surface area contributed by atoms with Gasteiger partial charge in [-0.1, -0.05) is 23.6 Å². The van der Waals surface area contributed by atoms with Crippen molar-refractivity contribution in [1.29, 1.82) is 0 Å². The van der Waals surface area contributed by atoms with Gasteiger partial charge in [-0.25, -0.2) is 9.97 Å². The summed E-state index contributed by atoms with van der Waals surface area (Å²) < 4.78 is 9.56. The zero-order valence-corrected chi connectivity index (χ0v) is 20.9. The molecule has 0 aliphatic heterocycles. The molecule has 2 aromatic carbocycles. The summed E-state index contributed by atoms with van der Waals surface area (Å²) in [7, 11) is -0.611. The van der Waals surface area contributed by atoms with E-state index < -0.39 is 20.6 Å². The number of nitro groups is 2. The van der Waals surface area contributed by atoms with Gasteiger partial charge in [-0.05, 0) is 0 Å². The number of imidazole rings is 2. The van der Waals surface area contributed by atoms with Gasteiger partial charge in [0.2, 0.25) is 0 Å². The van der Waals surface area contributed by atoms with Crippen LogP contribution in [0.1, 0.15) is 0 Å². The Balaban J connectivity index is 0.000000566. The van der Waals surface area contributed by atoms with E-state index in [-0.39, 0.29) is 58.0 Å². The summed E-state index contributed by atoms with van der Waals surface area (Å²) in [5, 5.41) is 43.8. The quantitative estimate of drug-likeness (QED) is 0.277. The fraction of sp³-hybridized carbons (Fsp3) is 0.100. The molecule has 0 bridgehead atoms. The van der Waals surface area contributed by atoms with Gasteiger partial charge in [-0.2, -0.15) is 0 Å².